The number of aliphatic hydroxyl groups is 1. The molecule has 1 N–H and O–H groups in total. The average Bonchev–Trinajstić information content (AvgIpc) is 3.12. The molecule has 1 aliphatic carbocycles. The van der Waals surface area contributed by atoms with Gasteiger partial charge in [-0.25, -0.2) is 0 Å². The summed E-state index contributed by atoms with van der Waals surface area (Å²) in [4.78, 5) is 2.28. The van der Waals surface area contributed by atoms with Gasteiger partial charge in [-0.2, -0.15) is 0 Å². The highest BCUT2D eigenvalue weighted by Gasteiger charge is 2.24. The lowest BCUT2D eigenvalue weighted by Crippen LogP contribution is -2.21. The minimum absolute atomic E-state index is 0.335. The number of nitrogens with zero attached hydrogens (tertiary/aromatic N) is 1. The van der Waals surface area contributed by atoms with Crippen molar-refractivity contribution < 1.29 is 5.11 Å². The first-order chi connectivity index (χ1) is 7.72. The third-order valence-corrected chi connectivity index (χ3v) is 3.32. The maximum Gasteiger partial charge on any atom is 0.0807 e. The van der Waals surface area contributed by atoms with E-state index in [-0.39, 0.29) is 6.10 Å². The summed E-state index contributed by atoms with van der Waals surface area (Å²) >= 11 is 0. The molecule has 1 aliphatic rings. The van der Waals surface area contributed by atoms with Crippen molar-refractivity contribution in [3.63, 3.8) is 0 Å². The fourth-order valence-corrected chi connectivity index (χ4v) is 2.12. The van der Waals surface area contributed by atoms with E-state index in [1.54, 1.807) is 0 Å². The molecular weight excluding hydrogens is 198 g/mol. The standard InChI is InChI=1S/C14H21NO/c1-3-14(16)12-6-4-5-7-13(12)15(2)10-11-8-9-11/h4-7,11,14,16H,3,8-10H2,1-2H3/t14-/m0/s1. The van der Waals surface area contributed by atoms with E-state index >= 15 is 0 Å². The predicted molar refractivity (Wildman–Crippen MR) is 67.7 cm³/mol. The molecule has 1 aromatic rings. The van der Waals surface area contributed by atoms with Crippen LogP contribution in [-0.4, -0.2) is 18.7 Å². The minimum Gasteiger partial charge on any atom is -0.388 e. The zero-order valence-corrected chi connectivity index (χ0v) is 10.2. The van der Waals surface area contributed by atoms with Gasteiger partial charge in [0, 0.05) is 24.8 Å². The van der Waals surface area contributed by atoms with Crippen LogP contribution in [0.3, 0.4) is 0 Å². The first-order valence-electron chi connectivity index (χ1n) is 6.20. The lowest BCUT2D eigenvalue weighted by atomic mass is 10.0. The lowest BCUT2D eigenvalue weighted by Gasteiger charge is -2.24. The van der Waals surface area contributed by atoms with Crippen LogP contribution in [0.15, 0.2) is 24.3 Å². The summed E-state index contributed by atoms with van der Waals surface area (Å²) in [7, 11) is 2.12. The molecule has 0 aromatic heterocycles. The Morgan fingerprint density at radius 3 is 2.69 bits per heavy atom. The van der Waals surface area contributed by atoms with Crippen molar-refractivity contribution in [3.05, 3.63) is 29.8 Å². The number of hydrogen-bond acceptors (Lipinski definition) is 2. The number of anilines is 1. The van der Waals surface area contributed by atoms with Crippen molar-refractivity contribution in [3.8, 4) is 0 Å². The quantitative estimate of drug-likeness (QED) is 0.823. The Morgan fingerprint density at radius 1 is 1.38 bits per heavy atom. The van der Waals surface area contributed by atoms with E-state index in [0.717, 1.165) is 24.4 Å². The van der Waals surface area contributed by atoms with Gasteiger partial charge in [0.25, 0.3) is 0 Å². The zero-order chi connectivity index (χ0) is 11.5. The molecule has 0 heterocycles. The zero-order valence-electron chi connectivity index (χ0n) is 10.2. The van der Waals surface area contributed by atoms with Crippen LogP contribution in [0.4, 0.5) is 5.69 Å². The van der Waals surface area contributed by atoms with Gasteiger partial charge in [0.15, 0.2) is 0 Å². The predicted octanol–water partition coefficient (Wildman–Crippen LogP) is 2.98. The summed E-state index contributed by atoms with van der Waals surface area (Å²) in [5, 5.41) is 9.98. The normalized spacial score (nSPS) is 17.2. The number of rotatable bonds is 5. The lowest BCUT2D eigenvalue weighted by molar-refractivity contribution is 0.174. The van der Waals surface area contributed by atoms with Gasteiger partial charge in [0.1, 0.15) is 0 Å². The molecule has 1 fully saturated rings. The number of para-hydroxylation sites is 1. The highest BCUT2D eigenvalue weighted by molar-refractivity contribution is 5.54. The Morgan fingerprint density at radius 2 is 2.06 bits per heavy atom. The molecule has 0 saturated heterocycles. The molecule has 16 heavy (non-hydrogen) atoms. The molecule has 88 valence electrons. The second kappa shape index (κ2) is 4.88. The van der Waals surface area contributed by atoms with E-state index in [0.29, 0.717) is 0 Å². The monoisotopic (exact) mass is 219 g/mol. The van der Waals surface area contributed by atoms with Crippen LogP contribution in [0, 0.1) is 5.92 Å². The van der Waals surface area contributed by atoms with Crippen molar-refractivity contribution in [2.75, 3.05) is 18.5 Å². The Hall–Kier alpha value is -1.02. The van der Waals surface area contributed by atoms with Gasteiger partial charge in [-0.15, -0.1) is 0 Å². The van der Waals surface area contributed by atoms with Crippen LogP contribution in [0.25, 0.3) is 0 Å². The summed E-state index contributed by atoms with van der Waals surface area (Å²) in [6.07, 6.45) is 3.16. The van der Waals surface area contributed by atoms with E-state index < -0.39 is 0 Å². The molecule has 1 aromatic carbocycles. The van der Waals surface area contributed by atoms with E-state index in [2.05, 4.69) is 18.0 Å². The molecule has 2 rings (SSSR count). The van der Waals surface area contributed by atoms with Gasteiger partial charge in [-0.1, -0.05) is 25.1 Å². The summed E-state index contributed by atoms with van der Waals surface area (Å²) in [6.45, 7) is 3.13. The van der Waals surface area contributed by atoms with Gasteiger partial charge < -0.3 is 10.0 Å². The maximum atomic E-state index is 9.98. The molecule has 0 unspecified atom stereocenters. The summed E-state index contributed by atoms with van der Waals surface area (Å²) in [5.74, 6) is 0.872. The smallest absolute Gasteiger partial charge is 0.0807 e. The first-order valence-corrected chi connectivity index (χ1v) is 6.20. The molecule has 1 atom stereocenters. The van der Waals surface area contributed by atoms with Crippen molar-refractivity contribution in [1.29, 1.82) is 0 Å². The van der Waals surface area contributed by atoms with Gasteiger partial charge in [0.05, 0.1) is 6.10 Å². The molecule has 1 saturated carbocycles. The van der Waals surface area contributed by atoms with Crippen LogP contribution in [0.2, 0.25) is 0 Å². The molecule has 0 radical (unpaired) electrons. The van der Waals surface area contributed by atoms with Gasteiger partial charge in [0.2, 0.25) is 0 Å². The summed E-state index contributed by atoms with van der Waals surface area (Å²) in [6, 6.07) is 8.19. The highest BCUT2D eigenvalue weighted by Crippen LogP contribution is 2.33. The molecule has 0 aliphatic heterocycles. The van der Waals surface area contributed by atoms with Crippen LogP contribution < -0.4 is 4.90 Å². The Balaban J connectivity index is 2.16. The maximum absolute atomic E-state index is 9.98. The molecule has 0 amide bonds. The topological polar surface area (TPSA) is 23.5 Å². The third kappa shape index (κ3) is 2.56. The Kier molecular flexibility index (Phi) is 3.49. The Labute approximate surface area is 97.9 Å². The van der Waals surface area contributed by atoms with Crippen LogP contribution in [0.1, 0.15) is 37.9 Å². The van der Waals surface area contributed by atoms with Crippen molar-refractivity contribution in [1.82, 2.24) is 0 Å². The molecule has 0 bridgehead atoms. The van der Waals surface area contributed by atoms with E-state index in [1.165, 1.54) is 18.5 Å². The van der Waals surface area contributed by atoms with Crippen LogP contribution >= 0.6 is 0 Å². The largest absolute Gasteiger partial charge is 0.388 e. The van der Waals surface area contributed by atoms with Gasteiger partial charge >= 0.3 is 0 Å². The SMILES string of the molecule is CC[C@H](O)c1ccccc1N(C)CC1CC1. The fraction of sp³-hybridized carbons (Fsp3) is 0.571. The van der Waals surface area contributed by atoms with Crippen LogP contribution in [0.5, 0.6) is 0 Å². The fourth-order valence-electron chi connectivity index (χ4n) is 2.12. The number of aliphatic hydroxyl groups excluding tert-OH is 1. The second-order valence-corrected chi connectivity index (χ2v) is 4.81. The molecule has 2 nitrogen and oxygen atoms in total. The molecular formula is C14H21NO. The second-order valence-electron chi connectivity index (χ2n) is 4.81. The van der Waals surface area contributed by atoms with E-state index in [4.69, 9.17) is 0 Å². The van der Waals surface area contributed by atoms with Gasteiger partial charge in [-0.3, -0.25) is 0 Å². The summed E-state index contributed by atoms with van der Waals surface area (Å²) in [5.41, 5.74) is 2.25. The van der Waals surface area contributed by atoms with E-state index in [9.17, 15) is 5.11 Å². The van der Waals surface area contributed by atoms with Crippen LogP contribution in [-0.2, 0) is 0 Å². The van der Waals surface area contributed by atoms with E-state index in [1.807, 2.05) is 25.1 Å². The molecule has 2 heteroatoms. The molecule has 0 spiro atoms. The summed E-state index contributed by atoms with van der Waals surface area (Å²) < 4.78 is 0. The highest BCUT2D eigenvalue weighted by atomic mass is 16.3. The number of hydrogen-bond donors (Lipinski definition) is 1. The van der Waals surface area contributed by atoms with Crippen molar-refractivity contribution in [2.45, 2.75) is 32.3 Å². The first kappa shape index (κ1) is 11.5. The Bertz CT molecular complexity index is 346. The average molecular weight is 219 g/mol. The van der Waals surface area contributed by atoms with Crippen molar-refractivity contribution in [2.24, 2.45) is 5.92 Å². The van der Waals surface area contributed by atoms with Gasteiger partial charge in [-0.05, 0) is 31.2 Å². The minimum atomic E-state index is -0.335. The third-order valence-electron chi connectivity index (χ3n) is 3.32. The van der Waals surface area contributed by atoms with Crippen molar-refractivity contribution >= 4 is 5.69 Å². The number of benzene rings is 1.